The summed E-state index contributed by atoms with van der Waals surface area (Å²) in [7, 11) is 0. The Morgan fingerprint density at radius 3 is 2.26 bits per heavy atom. The molecule has 0 unspecified atom stereocenters. The summed E-state index contributed by atoms with van der Waals surface area (Å²) in [5.74, 6) is -1.11. The smallest absolute Gasteiger partial charge is 0.359 e. The third kappa shape index (κ3) is 4.39. The molecule has 0 saturated heterocycles. The number of fused-ring (bicyclic) bond motifs is 2. The number of unbranched alkanes of at least 4 members (excludes halogenated alkanes) is 1. The first-order valence-corrected chi connectivity index (χ1v) is 10.8. The first-order chi connectivity index (χ1) is 15.1. The number of benzene rings is 2. The number of aryl methyl sites for hydroxylation is 1. The lowest BCUT2D eigenvalue weighted by Gasteiger charge is -2.30. The summed E-state index contributed by atoms with van der Waals surface area (Å²) in [4.78, 5) is 40.9. The number of esters is 1. The van der Waals surface area contributed by atoms with Crippen molar-refractivity contribution >= 4 is 35.0 Å². The molecule has 8 heteroatoms. The number of rotatable bonds is 6. The van der Waals surface area contributed by atoms with Crippen LogP contribution in [0.15, 0.2) is 75.2 Å². The molecule has 1 aliphatic heterocycles. The molecule has 2 heterocycles. The van der Waals surface area contributed by atoms with E-state index in [9.17, 15) is 14.4 Å². The normalized spacial score (nSPS) is 12.1. The van der Waals surface area contributed by atoms with Gasteiger partial charge in [0.25, 0.3) is 11.5 Å². The summed E-state index contributed by atoms with van der Waals surface area (Å²) in [6, 6.07) is 17.8. The number of para-hydroxylation sites is 2. The summed E-state index contributed by atoms with van der Waals surface area (Å²) in [5, 5.41) is 4.07. The van der Waals surface area contributed by atoms with E-state index in [1.807, 2.05) is 55.5 Å². The molecule has 0 saturated carbocycles. The van der Waals surface area contributed by atoms with Crippen molar-refractivity contribution in [1.29, 1.82) is 0 Å². The summed E-state index contributed by atoms with van der Waals surface area (Å²) in [6.45, 7) is 1.99. The molecule has 7 nitrogen and oxygen atoms in total. The lowest BCUT2D eigenvalue weighted by molar-refractivity contribution is -0.121. The SMILES string of the molecule is CCCCn1nc(C(=O)OCC(=O)N2c3ccccc3Sc3ccccc32)ccc1=O. The zero-order valence-electron chi connectivity index (χ0n) is 17.0. The Bertz CT molecular complexity index is 1150. The number of ether oxygens (including phenoxy) is 1. The van der Waals surface area contributed by atoms with Crippen LogP contribution >= 0.6 is 11.8 Å². The van der Waals surface area contributed by atoms with Crippen LogP contribution in [0.5, 0.6) is 0 Å². The number of carbonyl (C=O) groups is 2. The zero-order chi connectivity index (χ0) is 21.8. The number of carbonyl (C=O) groups excluding carboxylic acids is 2. The van der Waals surface area contributed by atoms with Crippen LogP contribution in [0.1, 0.15) is 30.3 Å². The van der Waals surface area contributed by atoms with Crippen LogP contribution in [0.4, 0.5) is 11.4 Å². The van der Waals surface area contributed by atoms with Gasteiger partial charge in [0.2, 0.25) is 0 Å². The molecule has 0 atom stereocenters. The van der Waals surface area contributed by atoms with Crippen LogP contribution in [0, 0.1) is 0 Å². The van der Waals surface area contributed by atoms with E-state index in [4.69, 9.17) is 4.74 Å². The Morgan fingerprint density at radius 1 is 0.968 bits per heavy atom. The number of amides is 1. The van der Waals surface area contributed by atoms with E-state index in [1.54, 1.807) is 16.7 Å². The molecule has 2 aromatic carbocycles. The first-order valence-electron chi connectivity index (χ1n) is 10.0. The summed E-state index contributed by atoms with van der Waals surface area (Å²) < 4.78 is 6.50. The quantitative estimate of drug-likeness (QED) is 0.544. The van der Waals surface area contributed by atoms with E-state index in [1.165, 1.54) is 16.8 Å². The highest BCUT2D eigenvalue weighted by Gasteiger charge is 2.28. The number of anilines is 2. The summed E-state index contributed by atoms with van der Waals surface area (Å²) in [5.41, 5.74) is 1.22. The van der Waals surface area contributed by atoms with Crippen LogP contribution in [0.25, 0.3) is 0 Å². The Labute approximate surface area is 183 Å². The second-order valence-electron chi connectivity index (χ2n) is 6.98. The Balaban J connectivity index is 1.52. The van der Waals surface area contributed by atoms with Gasteiger partial charge in [-0.3, -0.25) is 14.5 Å². The van der Waals surface area contributed by atoms with Crippen LogP contribution in [-0.2, 0) is 16.1 Å². The molecule has 1 amide bonds. The lowest BCUT2D eigenvalue weighted by atomic mass is 10.2. The molecule has 3 aromatic rings. The summed E-state index contributed by atoms with van der Waals surface area (Å²) in [6.07, 6.45) is 1.67. The van der Waals surface area contributed by atoms with Crippen molar-refractivity contribution in [2.24, 2.45) is 0 Å². The molecule has 0 fully saturated rings. The minimum absolute atomic E-state index is 0.00139. The van der Waals surface area contributed by atoms with Crippen LogP contribution in [-0.4, -0.2) is 28.3 Å². The number of aromatic nitrogens is 2. The fraction of sp³-hybridized carbons (Fsp3) is 0.217. The molecule has 0 aliphatic carbocycles. The largest absolute Gasteiger partial charge is 0.451 e. The van der Waals surface area contributed by atoms with Gasteiger partial charge in [0.1, 0.15) is 0 Å². The topological polar surface area (TPSA) is 81.5 Å². The third-order valence-electron chi connectivity index (χ3n) is 4.81. The number of nitrogens with zero attached hydrogens (tertiary/aromatic N) is 3. The molecule has 0 bridgehead atoms. The van der Waals surface area contributed by atoms with Gasteiger partial charge < -0.3 is 4.74 Å². The van der Waals surface area contributed by atoms with Crippen molar-refractivity contribution in [2.75, 3.05) is 11.5 Å². The Hall–Kier alpha value is -3.39. The average Bonchev–Trinajstić information content (AvgIpc) is 2.80. The van der Waals surface area contributed by atoms with Gasteiger partial charge in [-0.2, -0.15) is 5.10 Å². The fourth-order valence-electron chi connectivity index (χ4n) is 3.26. The van der Waals surface area contributed by atoms with Crippen molar-refractivity contribution < 1.29 is 14.3 Å². The molecule has 4 rings (SSSR count). The standard InChI is InChI=1S/C23H21N3O4S/c1-2-3-14-25-21(27)13-12-16(24-25)23(29)30-15-22(28)26-17-8-4-6-10-19(17)31-20-11-7-5-9-18(20)26/h4-13H,2-3,14-15H2,1H3. The van der Waals surface area contributed by atoms with Crippen molar-refractivity contribution in [2.45, 2.75) is 36.1 Å². The maximum absolute atomic E-state index is 13.1. The molecular formula is C23H21N3O4S. The average molecular weight is 436 g/mol. The molecule has 1 aromatic heterocycles. The second-order valence-corrected chi connectivity index (χ2v) is 8.06. The van der Waals surface area contributed by atoms with E-state index in [-0.39, 0.29) is 17.2 Å². The van der Waals surface area contributed by atoms with E-state index in [0.29, 0.717) is 6.54 Å². The molecule has 1 aliphatic rings. The second kappa shape index (κ2) is 9.18. The predicted molar refractivity (Wildman–Crippen MR) is 118 cm³/mol. The molecule has 0 N–H and O–H groups in total. The van der Waals surface area contributed by atoms with Crippen LogP contribution < -0.4 is 10.5 Å². The molecule has 0 radical (unpaired) electrons. The van der Waals surface area contributed by atoms with Gasteiger partial charge in [-0.25, -0.2) is 9.48 Å². The number of hydrogen-bond acceptors (Lipinski definition) is 6. The van der Waals surface area contributed by atoms with Crippen molar-refractivity contribution in [1.82, 2.24) is 9.78 Å². The molecule has 31 heavy (non-hydrogen) atoms. The minimum Gasteiger partial charge on any atom is -0.451 e. The lowest BCUT2D eigenvalue weighted by Crippen LogP contribution is -2.33. The Morgan fingerprint density at radius 2 is 1.61 bits per heavy atom. The van der Waals surface area contributed by atoms with E-state index >= 15 is 0 Å². The zero-order valence-corrected chi connectivity index (χ0v) is 17.8. The fourth-order valence-corrected chi connectivity index (χ4v) is 4.32. The first kappa shape index (κ1) is 20.9. The molecule has 158 valence electrons. The van der Waals surface area contributed by atoms with Gasteiger partial charge in [0, 0.05) is 22.4 Å². The maximum Gasteiger partial charge on any atom is 0.359 e. The highest BCUT2D eigenvalue weighted by molar-refractivity contribution is 7.99. The van der Waals surface area contributed by atoms with Crippen LogP contribution in [0.2, 0.25) is 0 Å². The van der Waals surface area contributed by atoms with Gasteiger partial charge in [0.05, 0.1) is 11.4 Å². The highest BCUT2D eigenvalue weighted by Crippen LogP contribution is 2.47. The van der Waals surface area contributed by atoms with Gasteiger partial charge in [-0.1, -0.05) is 49.4 Å². The molecular weight excluding hydrogens is 414 g/mol. The summed E-state index contributed by atoms with van der Waals surface area (Å²) >= 11 is 1.59. The number of hydrogen-bond donors (Lipinski definition) is 0. The van der Waals surface area contributed by atoms with E-state index in [0.717, 1.165) is 34.0 Å². The van der Waals surface area contributed by atoms with E-state index < -0.39 is 12.6 Å². The van der Waals surface area contributed by atoms with Crippen LogP contribution in [0.3, 0.4) is 0 Å². The molecule has 0 spiro atoms. The third-order valence-corrected chi connectivity index (χ3v) is 5.94. The van der Waals surface area contributed by atoms with Gasteiger partial charge in [-0.15, -0.1) is 0 Å². The highest BCUT2D eigenvalue weighted by atomic mass is 32.2. The van der Waals surface area contributed by atoms with Gasteiger partial charge in [-0.05, 0) is 36.8 Å². The Kier molecular flexibility index (Phi) is 6.18. The van der Waals surface area contributed by atoms with Gasteiger partial charge >= 0.3 is 5.97 Å². The van der Waals surface area contributed by atoms with Crippen molar-refractivity contribution in [3.8, 4) is 0 Å². The minimum atomic E-state index is -0.744. The van der Waals surface area contributed by atoms with E-state index in [2.05, 4.69) is 5.10 Å². The van der Waals surface area contributed by atoms with Gasteiger partial charge in [0.15, 0.2) is 12.3 Å². The predicted octanol–water partition coefficient (Wildman–Crippen LogP) is 4.03. The van der Waals surface area contributed by atoms with Crippen molar-refractivity contribution in [3.63, 3.8) is 0 Å². The maximum atomic E-state index is 13.1. The monoisotopic (exact) mass is 435 g/mol. The van der Waals surface area contributed by atoms with Crippen molar-refractivity contribution in [3.05, 3.63) is 76.7 Å².